The molecule has 5 heterocycles. The summed E-state index contributed by atoms with van der Waals surface area (Å²) in [6.45, 7) is 6.29. The molecular weight excluding hydrogens is 643 g/mol. The molecule has 2 aromatic heterocycles. The van der Waals surface area contributed by atoms with Crippen molar-refractivity contribution in [1.29, 1.82) is 0 Å². The number of nitrogens with one attached hydrogen (secondary N) is 3. The van der Waals surface area contributed by atoms with Crippen molar-refractivity contribution in [1.82, 2.24) is 35.1 Å². The molecule has 3 amide bonds. The Balaban J connectivity index is 1.01. The molecule has 0 bridgehead atoms. The molecule has 3 aliphatic heterocycles. The number of hydrogen-bond acceptors (Lipinski definition) is 8. The number of carbonyl (C=O) groups excluding carboxylic acids is 3. The minimum Gasteiger partial charge on any atom is -0.453 e. The molecule has 3 aliphatic rings. The molecule has 3 N–H and O–H groups in total. The number of ether oxygens (including phenoxy) is 2. The van der Waals surface area contributed by atoms with Crippen molar-refractivity contribution < 1.29 is 23.9 Å². The molecule has 3 fully saturated rings. The van der Waals surface area contributed by atoms with Crippen LogP contribution in [0.2, 0.25) is 0 Å². The van der Waals surface area contributed by atoms with Gasteiger partial charge in [0, 0.05) is 12.3 Å². The first-order chi connectivity index (χ1) is 23.6. The molecule has 49 heavy (non-hydrogen) atoms. The third-order valence-corrected chi connectivity index (χ3v) is 10.6. The van der Waals surface area contributed by atoms with Crippen LogP contribution in [0, 0.1) is 0 Å². The molecule has 0 unspecified atom stereocenters. The molecule has 256 valence electrons. The number of piperidine rings is 1. The van der Waals surface area contributed by atoms with Gasteiger partial charge in [-0.1, -0.05) is 48.5 Å². The highest BCUT2D eigenvalue weighted by Crippen LogP contribution is 2.43. The lowest BCUT2D eigenvalue weighted by Crippen LogP contribution is -2.54. The number of carbonyl (C=O) groups is 3. The Labute approximate surface area is 289 Å². The van der Waals surface area contributed by atoms with Crippen molar-refractivity contribution >= 4 is 29.9 Å². The SMILES string of the molecule is COC(=O)N[C@H]1CC[C@@H]2SC[C@@H](c3ncc(-c4ccc(-c5ccc(-c6cnc([C@H]7CCCN7C(=O)OC(C)(C)C)[nH]6)cc5)cc4)[nH]3)N2C1=O. The Hall–Kier alpha value is -4.78. The Bertz CT molecular complexity index is 1830. The largest absolute Gasteiger partial charge is 0.453 e. The minimum absolute atomic E-state index is 0.0737. The quantitative estimate of drug-likeness (QED) is 0.204. The van der Waals surface area contributed by atoms with Crippen LogP contribution in [-0.2, 0) is 14.3 Å². The number of amides is 3. The summed E-state index contributed by atoms with van der Waals surface area (Å²) in [6, 6.07) is 15.7. The minimum atomic E-state index is -0.597. The van der Waals surface area contributed by atoms with Gasteiger partial charge in [0.05, 0.1) is 48.3 Å². The maximum atomic E-state index is 13.3. The predicted molar refractivity (Wildman–Crippen MR) is 186 cm³/mol. The number of fused-ring (bicyclic) bond motifs is 1. The zero-order valence-electron chi connectivity index (χ0n) is 28.1. The lowest BCUT2D eigenvalue weighted by Gasteiger charge is -2.36. The van der Waals surface area contributed by atoms with E-state index in [0.29, 0.717) is 13.0 Å². The van der Waals surface area contributed by atoms with E-state index in [1.165, 1.54) is 7.11 Å². The number of hydrogen-bond donors (Lipinski definition) is 3. The van der Waals surface area contributed by atoms with Crippen molar-refractivity contribution in [2.45, 2.75) is 75.6 Å². The summed E-state index contributed by atoms with van der Waals surface area (Å²) in [5, 5.41) is 2.75. The van der Waals surface area contributed by atoms with Crippen LogP contribution in [-0.4, -0.2) is 84.3 Å². The van der Waals surface area contributed by atoms with Gasteiger partial charge in [-0.2, -0.15) is 0 Å². The Morgan fingerprint density at radius 1 is 0.857 bits per heavy atom. The van der Waals surface area contributed by atoms with Gasteiger partial charge in [-0.15, -0.1) is 11.8 Å². The summed E-state index contributed by atoms with van der Waals surface area (Å²) in [4.78, 5) is 57.7. The molecule has 0 radical (unpaired) electrons. The van der Waals surface area contributed by atoms with Crippen LogP contribution in [0.3, 0.4) is 0 Å². The van der Waals surface area contributed by atoms with Gasteiger partial charge in [-0.3, -0.25) is 9.69 Å². The van der Waals surface area contributed by atoms with E-state index in [-0.39, 0.29) is 29.5 Å². The predicted octanol–water partition coefficient (Wildman–Crippen LogP) is 6.67. The van der Waals surface area contributed by atoms with Gasteiger partial charge in [0.25, 0.3) is 0 Å². The van der Waals surface area contributed by atoms with Crippen molar-refractivity contribution in [3.05, 3.63) is 72.6 Å². The highest BCUT2D eigenvalue weighted by molar-refractivity contribution is 8.00. The first kappa shape index (κ1) is 32.8. The molecule has 7 rings (SSSR count). The molecule has 0 saturated carbocycles. The molecule has 4 aromatic rings. The highest BCUT2D eigenvalue weighted by atomic mass is 32.2. The normalized spacial score (nSPS) is 22.2. The summed E-state index contributed by atoms with van der Waals surface area (Å²) in [5.74, 6) is 2.16. The van der Waals surface area contributed by atoms with Crippen molar-refractivity contribution in [3.8, 4) is 33.6 Å². The van der Waals surface area contributed by atoms with Crippen LogP contribution in [0.1, 0.15) is 70.2 Å². The monoisotopic (exact) mass is 683 g/mol. The molecule has 12 nitrogen and oxygen atoms in total. The molecule has 0 spiro atoms. The van der Waals surface area contributed by atoms with Crippen LogP contribution in [0.4, 0.5) is 9.59 Å². The van der Waals surface area contributed by atoms with Crippen LogP contribution in [0.5, 0.6) is 0 Å². The second-order valence-electron chi connectivity index (χ2n) is 13.7. The molecule has 2 aromatic carbocycles. The van der Waals surface area contributed by atoms with E-state index in [1.807, 2.05) is 38.1 Å². The average Bonchev–Trinajstić information content (AvgIpc) is 3.91. The summed E-state index contributed by atoms with van der Waals surface area (Å²) < 4.78 is 10.3. The van der Waals surface area contributed by atoms with Crippen molar-refractivity contribution in [3.63, 3.8) is 0 Å². The number of nitrogens with zero attached hydrogens (tertiary/aromatic N) is 4. The smallest absolute Gasteiger partial charge is 0.410 e. The maximum Gasteiger partial charge on any atom is 0.410 e. The topological polar surface area (TPSA) is 146 Å². The van der Waals surface area contributed by atoms with Gasteiger partial charge < -0.3 is 29.7 Å². The van der Waals surface area contributed by atoms with E-state index < -0.39 is 17.7 Å². The first-order valence-electron chi connectivity index (χ1n) is 16.7. The van der Waals surface area contributed by atoms with E-state index in [0.717, 1.165) is 70.3 Å². The number of imidazole rings is 2. The van der Waals surface area contributed by atoms with Crippen LogP contribution in [0.15, 0.2) is 60.9 Å². The van der Waals surface area contributed by atoms with E-state index in [4.69, 9.17) is 9.47 Å². The summed E-state index contributed by atoms with van der Waals surface area (Å²) in [7, 11) is 1.30. The Morgan fingerprint density at radius 3 is 2.00 bits per heavy atom. The van der Waals surface area contributed by atoms with Crippen LogP contribution >= 0.6 is 11.8 Å². The lowest BCUT2D eigenvalue weighted by atomic mass is 10.0. The summed E-state index contributed by atoms with van der Waals surface area (Å²) in [5.41, 5.74) is 5.40. The summed E-state index contributed by atoms with van der Waals surface area (Å²) in [6.07, 6.45) is 5.88. The van der Waals surface area contributed by atoms with Gasteiger partial charge in [0.15, 0.2) is 0 Å². The number of likely N-dealkylation sites (tertiary alicyclic amines) is 1. The van der Waals surface area contributed by atoms with E-state index >= 15 is 0 Å². The van der Waals surface area contributed by atoms with Gasteiger partial charge in [0.2, 0.25) is 5.91 Å². The molecular formula is C36H41N7O5S. The van der Waals surface area contributed by atoms with E-state index in [9.17, 15) is 14.4 Å². The van der Waals surface area contributed by atoms with Gasteiger partial charge in [-0.05, 0) is 68.7 Å². The zero-order chi connectivity index (χ0) is 34.3. The number of alkyl carbamates (subject to hydrolysis) is 1. The van der Waals surface area contributed by atoms with Crippen molar-refractivity contribution in [2.24, 2.45) is 0 Å². The van der Waals surface area contributed by atoms with E-state index in [2.05, 4.69) is 73.8 Å². The fraction of sp³-hybridized carbons (Fsp3) is 0.417. The van der Waals surface area contributed by atoms with Crippen LogP contribution < -0.4 is 5.32 Å². The van der Waals surface area contributed by atoms with Crippen LogP contribution in [0.25, 0.3) is 33.6 Å². The number of aromatic amines is 2. The molecule has 0 aliphatic carbocycles. The number of rotatable bonds is 6. The number of methoxy groups -OCH3 is 1. The number of thioether (sulfide) groups is 1. The number of aromatic nitrogens is 4. The average molecular weight is 684 g/mol. The summed E-state index contributed by atoms with van der Waals surface area (Å²) >= 11 is 1.75. The third-order valence-electron chi connectivity index (χ3n) is 9.25. The van der Waals surface area contributed by atoms with E-state index in [1.54, 1.807) is 16.7 Å². The molecule has 13 heteroatoms. The highest BCUT2D eigenvalue weighted by Gasteiger charge is 2.46. The number of benzene rings is 2. The Morgan fingerprint density at radius 2 is 1.43 bits per heavy atom. The molecule has 4 atom stereocenters. The lowest BCUT2D eigenvalue weighted by molar-refractivity contribution is -0.138. The standard InChI is InChI=1S/C36H41N7O5S/c1-36(2,3)48-35(46)42-17-5-6-28(42)31-37-18-26(39-31)23-11-7-21(8-12-23)22-9-13-24(14-10-22)27-19-38-32(40-27)29-20-49-30-16-15-25(33(44)43(29)30)41-34(45)47-4/h7-14,18-19,25,28-30H,5-6,15-17,20H2,1-4H3,(H,37,39)(H,38,40)(H,41,45)/t25-,28+,29-,30-/m0/s1. The second-order valence-corrected chi connectivity index (χ2v) is 14.9. The fourth-order valence-electron chi connectivity index (χ4n) is 6.82. The third kappa shape index (κ3) is 6.76. The Kier molecular flexibility index (Phi) is 8.86. The van der Waals surface area contributed by atoms with Gasteiger partial charge >= 0.3 is 12.2 Å². The van der Waals surface area contributed by atoms with Gasteiger partial charge in [0.1, 0.15) is 23.3 Å². The number of H-pyrrole nitrogens is 2. The first-order valence-corrected chi connectivity index (χ1v) is 17.7. The second kappa shape index (κ2) is 13.3. The zero-order valence-corrected chi connectivity index (χ0v) is 28.9. The molecule has 3 saturated heterocycles. The van der Waals surface area contributed by atoms with Crippen molar-refractivity contribution in [2.75, 3.05) is 19.4 Å². The maximum absolute atomic E-state index is 13.3. The van der Waals surface area contributed by atoms with Gasteiger partial charge in [-0.25, -0.2) is 19.6 Å². The fourth-order valence-corrected chi connectivity index (χ4v) is 8.26.